The smallest absolute Gasteiger partial charge is 0.272 e. The Labute approximate surface area is 144 Å². The van der Waals surface area contributed by atoms with Crippen LogP contribution in [0.1, 0.15) is 32.7 Å². The zero-order valence-electron chi connectivity index (χ0n) is 13.5. The molecule has 1 heterocycles. The quantitative estimate of drug-likeness (QED) is 0.721. The first-order chi connectivity index (χ1) is 12.0. The number of rotatable bonds is 7. The molecule has 0 atom stereocenters. The van der Waals surface area contributed by atoms with Gasteiger partial charge in [-0.25, -0.2) is 8.78 Å². The molecule has 1 aliphatic heterocycles. The highest BCUT2D eigenvalue weighted by atomic mass is 19.3. The molecule has 6 heteroatoms. The molecule has 0 saturated carbocycles. The van der Waals surface area contributed by atoms with E-state index in [1.165, 1.54) is 12.1 Å². The van der Waals surface area contributed by atoms with Gasteiger partial charge in [0, 0.05) is 13.0 Å². The number of benzene rings is 2. The lowest BCUT2D eigenvalue weighted by molar-refractivity contribution is -0.0881. The molecule has 2 aromatic rings. The van der Waals surface area contributed by atoms with E-state index >= 15 is 0 Å². The molecule has 0 N–H and O–H groups in total. The lowest BCUT2D eigenvalue weighted by Crippen LogP contribution is -2.35. The van der Waals surface area contributed by atoms with Gasteiger partial charge in [-0.2, -0.15) is 0 Å². The van der Waals surface area contributed by atoms with Crippen LogP contribution in [0.2, 0.25) is 0 Å². The molecule has 0 radical (unpaired) electrons. The van der Waals surface area contributed by atoms with Crippen LogP contribution in [-0.4, -0.2) is 35.8 Å². The van der Waals surface area contributed by atoms with Gasteiger partial charge in [-0.15, -0.1) is 0 Å². The monoisotopic (exact) mass is 345 g/mol. The summed E-state index contributed by atoms with van der Waals surface area (Å²) in [5, 5.41) is 0. The van der Waals surface area contributed by atoms with Crippen molar-refractivity contribution in [3.63, 3.8) is 0 Å². The van der Waals surface area contributed by atoms with Gasteiger partial charge < -0.3 is 4.74 Å². The Balaban J connectivity index is 1.52. The van der Waals surface area contributed by atoms with Gasteiger partial charge in [-0.1, -0.05) is 42.5 Å². The molecule has 4 nitrogen and oxygen atoms in total. The highest BCUT2D eigenvalue weighted by Crippen LogP contribution is 2.26. The van der Waals surface area contributed by atoms with Crippen LogP contribution < -0.4 is 0 Å². The number of hydrogen-bond acceptors (Lipinski definition) is 3. The molecule has 0 spiro atoms. The predicted octanol–water partition coefficient (Wildman–Crippen LogP) is 3.52. The molecule has 0 saturated heterocycles. The summed E-state index contributed by atoms with van der Waals surface area (Å²) in [5.74, 6) is -4.17. The first-order valence-electron chi connectivity index (χ1n) is 7.93. The molecule has 2 amide bonds. The van der Waals surface area contributed by atoms with Crippen molar-refractivity contribution in [2.24, 2.45) is 0 Å². The molecule has 0 unspecified atom stereocenters. The maximum Gasteiger partial charge on any atom is 0.272 e. The summed E-state index contributed by atoms with van der Waals surface area (Å²) >= 11 is 0. The molecule has 2 aromatic carbocycles. The maximum absolute atomic E-state index is 14.0. The standard InChI is InChI=1S/C19H17F2NO3/c20-19(21,13-25-12-14-6-2-1-3-7-14)10-11-22-17(23)15-8-4-5-9-16(15)18(22)24/h1-9H,10-13H2. The van der Waals surface area contributed by atoms with Crippen molar-refractivity contribution in [3.8, 4) is 0 Å². The Morgan fingerprint density at radius 2 is 1.44 bits per heavy atom. The Kier molecular flexibility index (Phi) is 4.90. The fourth-order valence-electron chi connectivity index (χ4n) is 2.68. The highest BCUT2D eigenvalue weighted by molar-refractivity contribution is 6.21. The van der Waals surface area contributed by atoms with E-state index in [-0.39, 0.29) is 24.3 Å². The number of hydrogen-bond donors (Lipinski definition) is 0. The fraction of sp³-hybridized carbons (Fsp3) is 0.263. The summed E-state index contributed by atoms with van der Waals surface area (Å²) in [5.41, 5.74) is 1.32. The molecule has 1 aliphatic rings. The van der Waals surface area contributed by atoms with Gasteiger partial charge in [0.1, 0.15) is 6.61 Å². The van der Waals surface area contributed by atoms with Crippen LogP contribution in [0, 0.1) is 0 Å². The lowest BCUT2D eigenvalue weighted by Gasteiger charge is -2.20. The van der Waals surface area contributed by atoms with Gasteiger partial charge in [-0.05, 0) is 17.7 Å². The van der Waals surface area contributed by atoms with Crippen molar-refractivity contribution in [1.29, 1.82) is 0 Å². The summed E-state index contributed by atoms with van der Waals surface area (Å²) in [6, 6.07) is 15.3. The number of carbonyl (C=O) groups excluding carboxylic acids is 2. The number of imide groups is 1. The minimum Gasteiger partial charge on any atom is -0.371 e. The average Bonchev–Trinajstić information content (AvgIpc) is 2.85. The van der Waals surface area contributed by atoms with Crippen molar-refractivity contribution in [1.82, 2.24) is 4.90 Å². The maximum atomic E-state index is 14.0. The van der Waals surface area contributed by atoms with Crippen LogP contribution in [-0.2, 0) is 11.3 Å². The molecule has 0 aromatic heterocycles. The molecule has 0 aliphatic carbocycles. The van der Waals surface area contributed by atoms with E-state index < -0.39 is 30.8 Å². The average molecular weight is 345 g/mol. The van der Waals surface area contributed by atoms with Gasteiger partial charge in [0.2, 0.25) is 0 Å². The van der Waals surface area contributed by atoms with Gasteiger partial charge in [0.15, 0.2) is 0 Å². The van der Waals surface area contributed by atoms with Crippen molar-refractivity contribution >= 4 is 11.8 Å². The third-order valence-electron chi connectivity index (χ3n) is 4.00. The minimum absolute atomic E-state index is 0.0868. The Hall–Kier alpha value is -2.60. The first-order valence-corrected chi connectivity index (χ1v) is 7.93. The van der Waals surface area contributed by atoms with Gasteiger partial charge in [0.05, 0.1) is 17.7 Å². The van der Waals surface area contributed by atoms with E-state index in [2.05, 4.69) is 0 Å². The third kappa shape index (κ3) is 3.91. The second-order valence-corrected chi connectivity index (χ2v) is 5.89. The zero-order valence-corrected chi connectivity index (χ0v) is 13.5. The van der Waals surface area contributed by atoms with Crippen molar-refractivity contribution in [3.05, 3.63) is 71.3 Å². The van der Waals surface area contributed by atoms with Gasteiger partial charge in [-0.3, -0.25) is 14.5 Å². The number of ether oxygens (including phenoxy) is 1. The third-order valence-corrected chi connectivity index (χ3v) is 4.00. The van der Waals surface area contributed by atoms with E-state index in [9.17, 15) is 18.4 Å². The van der Waals surface area contributed by atoms with Crippen molar-refractivity contribution in [2.75, 3.05) is 13.2 Å². The first kappa shape index (κ1) is 17.2. The second-order valence-electron chi connectivity index (χ2n) is 5.89. The van der Waals surface area contributed by atoms with Crippen molar-refractivity contribution < 1.29 is 23.1 Å². The van der Waals surface area contributed by atoms with Crippen LogP contribution in [0.4, 0.5) is 8.78 Å². The van der Waals surface area contributed by atoms with E-state index in [0.717, 1.165) is 10.5 Å². The zero-order chi connectivity index (χ0) is 17.9. The summed E-state index contributed by atoms with van der Waals surface area (Å²) in [6.45, 7) is -1.01. The Morgan fingerprint density at radius 3 is 2.04 bits per heavy atom. The number of amides is 2. The second kappa shape index (κ2) is 7.11. The molecular weight excluding hydrogens is 328 g/mol. The molecule has 25 heavy (non-hydrogen) atoms. The predicted molar refractivity (Wildman–Crippen MR) is 87.5 cm³/mol. The van der Waals surface area contributed by atoms with Crippen LogP contribution >= 0.6 is 0 Å². The number of carbonyl (C=O) groups is 2. The van der Waals surface area contributed by atoms with E-state index in [0.29, 0.717) is 0 Å². The van der Waals surface area contributed by atoms with Crippen LogP contribution in [0.5, 0.6) is 0 Å². The number of alkyl halides is 2. The van der Waals surface area contributed by atoms with Gasteiger partial charge in [0.25, 0.3) is 17.7 Å². The van der Waals surface area contributed by atoms with Crippen molar-refractivity contribution in [2.45, 2.75) is 19.0 Å². The number of fused-ring (bicyclic) bond motifs is 1. The van der Waals surface area contributed by atoms with E-state index in [1.54, 1.807) is 36.4 Å². The molecule has 0 bridgehead atoms. The van der Waals surface area contributed by atoms with Crippen LogP contribution in [0.3, 0.4) is 0 Å². The number of halogens is 2. The SMILES string of the molecule is O=C1c2ccccc2C(=O)N1CCC(F)(F)COCc1ccccc1. The summed E-state index contributed by atoms with van der Waals surface area (Å²) in [6.07, 6.45) is -0.632. The summed E-state index contributed by atoms with van der Waals surface area (Å²) in [7, 11) is 0. The topological polar surface area (TPSA) is 46.6 Å². The normalized spacial score (nSPS) is 14.1. The van der Waals surface area contributed by atoms with Crippen LogP contribution in [0.25, 0.3) is 0 Å². The van der Waals surface area contributed by atoms with E-state index in [4.69, 9.17) is 4.74 Å². The lowest BCUT2D eigenvalue weighted by atomic mass is 10.1. The minimum atomic E-state index is -3.12. The summed E-state index contributed by atoms with van der Waals surface area (Å²) in [4.78, 5) is 25.2. The van der Waals surface area contributed by atoms with Gasteiger partial charge >= 0.3 is 0 Å². The summed E-state index contributed by atoms with van der Waals surface area (Å²) < 4.78 is 33.1. The molecule has 130 valence electrons. The molecular formula is C19H17F2NO3. The largest absolute Gasteiger partial charge is 0.371 e. The Morgan fingerprint density at radius 1 is 0.880 bits per heavy atom. The fourth-order valence-corrected chi connectivity index (χ4v) is 2.68. The number of nitrogens with zero attached hydrogens (tertiary/aromatic N) is 1. The van der Waals surface area contributed by atoms with Crippen LogP contribution in [0.15, 0.2) is 54.6 Å². The van der Waals surface area contributed by atoms with E-state index in [1.807, 2.05) is 6.07 Å². The molecule has 0 fully saturated rings. The molecule has 3 rings (SSSR count). The highest BCUT2D eigenvalue weighted by Gasteiger charge is 2.38. The Bertz CT molecular complexity index is 742.